The highest BCUT2D eigenvalue weighted by Gasteiger charge is 2.34. The lowest BCUT2D eigenvalue weighted by Crippen LogP contribution is -2.56. The molecule has 204 valence electrons. The molecule has 3 aromatic rings. The molecule has 39 heavy (non-hydrogen) atoms. The van der Waals surface area contributed by atoms with E-state index >= 15 is 0 Å². The molecule has 0 radical (unpaired) electrons. The Morgan fingerprint density at radius 1 is 0.923 bits per heavy atom. The van der Waals surface area contributed by atoms with Gasteiger partial charge in [0.2, 0.25) is 5.91 Å². The van der Waals surface area contributed by atoms with Crippen molar-refractivity contribution in [3.05, 3.63) is 78.2 Å². The monoisotopic (exact) mass is 556 g/mol. The van der Waals surface area contributed by atoms with Crippen molar-refractivity contribution in [2.24, 2.45) is 0 Å². The number of hydrogen-bond acceptors (Lipinski definition) is 5. The minimum Gasteiger partial charge on any atom is -0.465 e. The van der Waals surface area contributed by atoms with Crippen molar-refractivity contribution >= 4 is 25.5 Å². The maximum atomic E-state index is 14.6. The smallest absolute Gasteiger partial charge is 0.407 e. The van der Waals surface area contributed by atoms with Crippen molar-refractivity contribution < 1.29 is 38.2 Å². The van der Waals surface area contributed by atoms with Gasteiger partial charge in [-0.25, -0.2) is 14.2 Å². The van der Waals surface area contributed by atoms with E-state index in [9.17, 15) is 33.1 Å². The van der Waals surface area contributed by atoms with Crippen molar-refractivity contribution in [2.45, 2.75) is 6.04 Å². The molecule has 1 saturated heterocycles. The number of nitrogens with zero attached hydrogens (tertiary/aromatic N) is 3. The zero-order valence-electron chi connectivity index (χ0n) is 20.6. The largest absolute Gasteiger partial charge is 0.465 e. The summed E-state index contributed by atoms with van der Waals surface area (Å²) >= 11 is 0. The predicted octanol–water partition coefficient (Wildman–Crippen LogP) is 2.65. The van der Waals surface area contributed by atoms with Gasteiger partial charge in [-0.05, 0) is 35.4 Å². The Labute approximate surface area is 223 Å². The van der Waals surface area contributed by atoms with Crippen LogP contribution in [0.4, 0.5) is 9.18 Å². The standard InChI is InChI=1S/C26H26FN4O7P/c27-20-9-5-4-8-19(20)21-14-18(17-6-2-1-3-7-17)15-22(28-21)24(32)29-23(16-39(36,37)38)25(33)30-10-12-31(13-11-30)26(34)35/h1-9,14-15,23H,10-13,16H2,(H,29,32)(H,34,35)(H2,36,37,38)/t23-/m0/s1. The maximum Gasteiger partial charge on any atom is 0.407 e. The molecular weight excluding hydrogens is 530 g/mol. The normalized spacial score (nSPS) is 14.5. The highest BCUT2D eigenvalue weighted by atomic mass is 31.2. The van der Waals surface area contributed by atoms with Gasteiger partial charge in [0, 0.05) is 31.7 Å². The topological polar surface area (TPSA) is 160 Å². The lowest BCUT2D eigenvalue weighted by Gasteiger charge is -2.35. The van der Waals surface area contributed by atoms with Crippen molar-refractivity contribution in [3.8, 4) is 22.4 Å². The Morgan fingerprint density at radius 2 is 1.54 bits per heavy atom. The molecule has 0 aliphatic carbocycles. The third kappa shape index (κ3) is 7.05. The number of amides is 3. The molecule has 11 nitrogen and oxygen atoms in total. The number of carboxylic acid groups (broad SMARTS) is 1. The van der Waals surface area contributed by atoms with E-state index in [0.717, 1.165) is 4.90 Å². The van der Waals surface area contributed by atoms with Crippen LogP contribution in [0.3, 0.4) is 0 Å². The molecule has 4 N–H and O–H groups in total. The summed E-state index contributed by atoms with van der Waals surface area (Å²) in [6, 6.07) is 16.3. The van der Waals surface area contributed by atoms with Crippen LogP contribution in [-0.2, 0) is 9.36 Å². The van der Waals surface area contributed by atoms with Crippen LogP contribution in [0.2, 0.25) is 0 Å². The molecule has 1 aromatic heterocycles. The van der Waals surface area contributed by atoms with Gasteiger partial charge in [-0.15, -0.1) is 0 Å². The van der Waals surface area contributed by atoms with Crippen LogP contribution in [0, 0.1) is 5.82 Å². The number of pyridine rings is 1. The Bertz CT molecular complexity index is 1420. The van der Waals surface area contributed by atoms with Crippen LogP contribution < -0.4 is 5.32 Å². The molecule has 1 aliphatic rings. The summed E-state index contributed by atoms with van der Waals surface area (Å²) in [6.45, 7) is 0.0321. The third-order valence-electron chi connectivity index (χ3n) is 6.20. The van der Waals surface area contributed by atoms with Gasteiger partial charge < -0.3 is 30.0 Å². The Morgan fingerprint density at radius 3 is 2.15 bits per heavy atom. The van der Waals surface area contributed by atoms with Crippen LogP contribution in [0.15, 0.2) is 66.7 Å². The van der Waals surface area contributed by atoms with E-state index < -0.39 is 43.5 Å². The first kappa shape index (κ1) is 27.9. The molecule has 1 aliphatic heterocycles. The second kappa shape index (κ2) is 11.7. The number of piperazine rings is 1. The summed E-state index contributed by atoms with van der Waals surface area (Å²) < 4.78 is 26.4. The highest BCUT2D eigenvalue weighted by molar-refractivity contribution is 7.51. The number of hydrogen-bond donors (Lipinski definition) is 4. The second-order valence-corrected chi connectivity index (χ2v) is 10.6. The zero-order chi connectivity index (χ0) is 28.2. The Hall–Kier alpha value is -4.12. The number of aromatic nitrogens is 1. The van der Waals surface area contributed by atoms with Crippen LogP contribution in [0.25, 0.3) is 22.4 Å². The Balaban J connectivity index is 1.66. The summed E-state index contributed by atoms with van der Waals surface area (Å²) in [6.07, 6.45) is -2.10. The fourth-order valence-corrected chi connectivity index (χ4v) is 4.97. The van der Waals surface area contributed by atoms with E-state index in [-0.39, 0.29) is 43.1 Å². The average Bonchev–Trinajstić information content (AvgIpc) is 2.92. The lowest BCUT2D eigenvalue weighted by molar-refractivity contribution is -0.134. The van der Waals surface area contributed by atoms with Crippen molar-refractivity contribution in [2.75, 3.05) is 32.3 Å². The van der Waals surface area contributed by atoms with Crippen LogP contribution >= 0.6 is 7.60 Å². The van der Waals surface area contributed by atoms with Gasteiger partial charge in [-0.1, -0.05) is 42.5 Å². The maximum absolute atomic E-state index is 14.6. The SMILES string of the molecule is O=C(N[C@@H](CP(=O)(O)O)C(=O)N1CCN(C(=O)O)CC1)c1cc(-c2ccccc2)cc(-c2ccccc2F)n1. The first-order valence-corrected chi connectivity index (χ1v) is 13.8. The van der Waals surface area contributed by atoms with Crippen molar-refractivity contribution in [1.29, 1.82) is 0 Å². The fraction of sp³-hybridized carbons (Fsp3) is 0.231. The van der Waals surface area contributed by atoms with Crippen LogP contribution in [0.1, 0.15) is 10.5 Å². The molecule has 0 unspecified atom stereocenters. The minimum absolute atomic E-state index is 0.00215. The molecule has 2 aromatic carbocycles. The Kier molecular flexibility index (Phi) is 8.39. The van der Waals surface area contributed by atoms with Gasteiger partial charge >= 0.3 is 13.7 Å². The predicted molar refractivity (Wildman–Crippen MR) is 139 cm³/mol. The van der Waals surface area contributed by atoms with Gasteiger partial charge in [-0.3, -0.25) is 14.2 Å². The molecule has 0 bridgehead atoms. The number of halogens is 1. The van der Waals surface area contributed by atoms with Crippen molar-refractivity contribution in [3.63, 3.8) is 0 Å². The van der Waals surface area contributed by atoms with E-state index in [1.54, 1.807) is 36.4 Å². The second-order valence-electron chi connectivity index (χ2n) is 8.94. The number of benzene rings is 2. The molecule has 4 rings (SSSR count). The summed E-state index contributed by atoms with van der Waals surface area (Å²) in [4.78, 5) is 63.5. The van der Waals surface area contributed by atoms with Gasteiger partial charge in [0.25, 0.3) is 5.91 Å². The van der Waals surface area contributed by atoms with Crippen LogP contribution in [0.5, 0.6) is 0 Å². The van der Waals surface area contributed by atoms with E-state index in [0.29, 0.717) is 11.1 Å². The van der Waals surface area contributed by atoms with Crippen molar-refractivity contribution in [1.82, 2.24) is 20.1 Å². The van der Waals surface area contributed by atoms with E-state index in [2.05, 4.69) is 10.3 Å². The quantitative estimate of drug-likeness (QED) is 0.323. The van der Waals surface area contributed by atoms with E-state index in [1.165, 1.54) is 29.2 Å². The number of rotatable bonds is 7. The first-order chi connectivity index (χ1) is 18.5. The number of carbonyl (C=O) groups excluding carboxylic acids is 2. The highest BCUT2D eigenvalue weighted by Crippen LogP contribution is 2.35. The molecule has 0 saturated carbocycles. The number of carbonyl (C=O) groups is 3. The molecular formula is C26H26FN4O7P. The summed E-state index contributed by atoms with van der Waals surface area (Å²) in [5.41, 5.74) is 1.36. The van der Waals surface area contributed by atoms with Gasteiger partial charge in [-0.2, -0.15) is 0 Å². The fourth-order valence-electron chi connectivity index (χ4n) is 4.25. The molecule has 3 amide bonds. The molecule has 2 heterocycles. The zero-order valence-corrected chi connectivity index (χ0v) is 21.5. The minimum atomic E-state index is -4.76. The molecule has 0 spiro atoms. The van der Waals surface area contributed by atoms with E-state index in [4.69, 9.17) is 5.11 Å². The van der Waals surface area contributed by atoms with Gasteiger partial charge in [0.1, 0.15) is 17.6 Å². The molecule has 1 fully saturated rings. The summed E-state index contributed by atoms with van der Waals surface area (Å²) in [5, 5.41) is 11.5. The lowest BCUT2D eigenvalue weighted by atomic mass is 10.0. The molecule has 13 heteroatoms. The van der Waals surface area contributed by atoms with Gasteiger partial charge in [0.15, 0.2) is 0 Å². The molecule has 1 atom stereocenters. The van der Waals surface area contributed by atoms with E-state index in [1.807, 2.05) is 6.07 Å². The van der Waals surface area contributed by atoms with Gasteiger partial charge in [0.05, 0.1) is 11.9 Å². The average molecular weight is 556 g/mol. The first-order valence-electron chi connectivity index (χ1n) is 12.0. The third-order valence-corrected chi connectivity index (χ3v) is 7.04. The number of nitrogens with one attached hydrogen (secondary N) is 1. The summed E-state index contributed by atoms with van der Waals surface area (Å²) in [7, 11) is -4.76. The van der Waals surface area contributed by atoms with Crippen LogP contribution in [-0.4, -0.2) is 86.0 Å². The summed E-state index contributed by atoms with van der Waals surface area (Å²) in [5.74, 6) is -2.21.